The van der Waals surface area contributed by atoms with Crippen LogP contribution in [0.2, 0.25) is 0 Å². The van der Waals surface area contributed by atoms with Crippen molar-refractivity contribution in [1.29, 1.82) is 0 Å². The molecule has 1 amide bonds. The van der Waals surface area contributed by atoms with E-state index >= 15 is 0 Å². The fourth-order valence-corrected chi connectivity index (χ4v) is 2.44. The molecule has 1 aliphatic heterocycles. The molecule has 4 nitrogen and oxygen atoms in total. The number of hydrogen-bond donors (Lipinski definition) is 1. The average Bonchev–Trinajstić information content (AvgIpc) is 2.87. The van der Waals surface area contributed by atoms with Crippen molar-refractivity contribution in [1.82, 2.24) is 0 Å². The SMILES string of the molecule is COc1ccc(NC(=O)c2ccc3c(c2)C[C@H](C)O3)cc1. The molecule has 1 heterocycles. The summed E-state index contributed by atoms with van der Waals surface area (Å²) in [6.07, 6.45) is 1.03. The van der Waals surface area contributed by atoms with Gasteiger partial charge in [-0.15, -0.1) is 0 Å². The van der Waals surface area contributed by atoms with Crippen LogP contribution in [0.3, 0.4) is 0 Å². The molecular formula is C17H17NO3. The number of carbonyl (C=O) groups excluding carboxylic acids is 1. The first-order valence-electron chi connectivity index (χ1n) is 6.90. The maximum Gasteiger partial charge on any atom is 0.255 e. The number of ether oxygens (including phenoxy) is 2. The largest absolute Gasteiger partial charge is 0.497 e. The van der Waals surface area contributed by atoms with Gasteiger partial charge in [0.1, 0.15) is 17.6 Å². The minimum atomic E-state index is -0.123. The maximum absolute atomic E-state index is 12.3. The number of rotatable bonds is 3. The highest BCUT2D eigenvalue weighted by Gasteiger charge is 2.20. The molecule has 0 aliphatic carbocycles. The summed E-state index contributed by atoms with van der Waals surface area (Å²) in [5, 5.41) is 2.88. The topological polar surface area (TPSA) is 47.6 Å². The summed E-state index contributed by atoms with van der Waals surface area (Å²) in [6, 6.07) is 12.8. The quantitative estimate of drug-likeness (QED) is 0.940. The Labute approximate surface area is 123 Å². The molecule has 0 bridgehead atoms. The summed E-state index contributed by atoms with van der Waals surface area (Å²) in [5.74, 6) is 1.52. The van der Waals surface area contributed by atoms with E-state index in [0.29, 0.717) is 5.56 Å². The second-order valence-corrected chi connectivity index (χ2v) is 5.14. The molecule has 0 fully saturated rings. The Morgan fingerprint density at radius 3 is 2.71 bits per heavy atom. The van der Waals surface area contributed by atoms with E-state index in [0.717, 1.165) is 29.2 Å². The Balaban J connectivity index is 1.75. The van der Waals surface area contributed by atoms with Crippen molar-refractivity contribution in [3.8, 4) is 11.5 Å². The van der Waals surface area contributed by atoms with Crippen LogP contribution in [0, 0.1) is 0 Å². The molecule has 4 heteroatoms. The predicted molar refractivity (Wildman–Crippen MR) is 81.2 cm³/mol. The van der Waals surface area contributed by atoms with E-state index in [4.69, 9.17) is 9.47 Å². The van der Waals surface area contributed by atoms with Gasteiger partial charge in [-0.3, -0.25) is 4.79 Å². The van der Waals surface area contributed by atoms with Gasteiger partial charge in [0.05, 0.1) is 7.11 Å². The highest BCUT2D eigenvalue weighted by molar-refractivity contribution is 6.04. The summed E-state index contributed by atoms with van der Waals surface area (Å²) < 4.78 is 10.7. The molecule has 2 aromatic rings. The molecule has 0 radical (unpaired) electrons. The van der Waals surface area contributed by atoms with Crippen LogP contribution in [0.4, 0.5) is 5.69 Å². The van der Waals surface area contributed by atoms with Gasteiger partial charge < -0.3 is 14.8 Å². The smallest absolute Gasteiger partial charge is 0.255 e. The highest BCUT2D eigenvalue weighted by Crippen LogP contribution is 2.29. The van der Waals surface area contributed by atoms with Crippen LogP contribution >= 0.6 is 0 Å². The van der Waals surface area contributed by atoms with Crippen molar-refractivity contribution < 1.29 is 14.3 Å². The standard InChI is InChI=1S/C17H17NO3/c1-11-9-13-10-12(3-8-16(13)21-11)17(19)18-14-4-6-15(20-2)7-5-14/h3-8,10-11H,9H2,1-2H3,(H,18,19)/t11-/m0/s1. The Kier molecular flexibility index (Phi) is 3.52. The summed E-state index contributed by atoms with van der Waals surface area (Å²) in [7, 11) is 1.61. The molecule has 0 saturated carbocycles. The number of fused-ring (bicyclic) bond motifs is 1. The van der Waals surface area contributed by atoms with Crippen molar-refractivity contribution in [2.45, 2.75) is 19.4 Å². The van der Waals surface area contributed by atoms with E-state index in [9.17, 15) is 4.79 Å². The molecule has 1 atom stereocenters. The van der Waals surface area contributed by atoms with E-state index in [1.54, 1.807) is 13.2 Å². The van der Waals surface area contributed by atoms with Crippen LogP contribution < -0.4 is 14.8 Å². The van der Waals surface area contributed by atoms with Crippen LogP contribution in [0.1, 0.15) is 22.8 Å². The molecule has 0 saturated heterocycles. The van der Waals surface area contributed by atoms with Gasteiger partial charge in [0.25, 0.3) is 5.91 Å². The van der Waals surface area contributed by atoms with E-state index in [-0.39, 0.29) is 12.0 Å². The number of nitrogens with one attached hydrogen (secondary N) is 1. The van der Waals surface area contributed by atoms with Crippen LogP contribution in [0.5, 0.6) is 11.5 Å². The fraction of sp³-hybridized carbons (Fsp3) is 0.235. The molecule has 1 aliphatic rings. The van der Waals surface area contributed by atoms with Crippen molar-refractivity contribution in [2.24, 2.45) is 0 Å². The highest BCUT2D eigenvalue weighted by atomic mass is 16.5. The van der Waals surface area contributed by atoms with Crippen molar-refractivity contribution in [3.05, 3.63) is 53.6 Å². The predicted octanol–water partition coefficient (Wildman–Crippen LogP) is 3.27. The van der Waals surface area contributed by atoms with E-state index in [2.05, 4.69) is 5.32 Å². The zero-order valence-corrected chi connectivity index (χ0v) is 12.1. The zero-order chi connectivity index (χ0) is 14.8. The van der Waals surface area contributed by atoms with Gasteiger partial charge in [-0.2, -0.15) is 0 Å². The molecule has 108 valence electrons. The summed E-state index contributed by atoms with van der Waals surface area (Å²) in [6.45, 7) is 2.02. The minimum Gasteiger partial charge on any atom is -0.497 e. The third-order valence-corrected chi connectivity index (χ3v) is 3.51. The Bertz CT molecular complexity index is 664. The molecule has 3 rings (SSSR count). The van der Waals surface area contributed by atoms with Crippen LogP contribution in [0.25, 0.3) is 0 Å². The van der Waals surface area contributed by atoms with Gasteiger partial charge in [0, 0.05) is 17.7 Å². The first-order valence-corrected chi connectivity index (χ1v) is 6.90. The van der Waals surface area contributed by atoms with Crippen LogP contribution in [-0.4, -0.2) is 19.1 Å². The lowest BCUT2D eigenvalue weighted by molar-refractivity contribution is 0.102. The van der Waals surface area contributed by atoms with Gasteiger partial charge in [0.15, 0.2) is 0 Å². The zero-order valence-electron chi connectivity index (χ0n) is 12.1. The molecule has 0 spiro atoms. The lowest BCUT2D eigenvalue weighted by atomic mass is 10.1. The molecule has 1 N–H and O–H groups in total. The maximum atomic E-state index is 12.3. The molecule has 21 heavy (non-hydrogen) atoms. The summed E-state index contributed by atoms with van der Waals surface area (Å²) in [4.78, 5) is 12.3. The minimum absolute atomic E-state index is 0.123. The number of hydrogen-bond acceptors (Lipinski definition) is 3. The average molecular weight is 283 g/mol. The van der Waals surface area contributed by atoms with Gasteiger partial charge in [-0.1, -0.05) is 0 Å². The normalized spacial score (nSPS) is 16.0. The second kappa shape index (κ2) is 5.48. The van der Waals surface area contributed by atoms with Gasteiger partial charge in [0.2, 0.25) is 0 Å². The van der Waals surface area contributed by atoms with E-state index in [1.807, 2.05) is 43.3 Å². The summed E-state index contributed by atoms with van der Waals surface area (Å²) in [5.41, 5.74) is 2.47. The Morgan fingerprint density at radius 1 is 1.24 bits per heavy atom. The first kappa shape index (κ1) is 13.5. The lowest BCUT2D eigenvalue weighted by Gasteiger charge is -2.07. The molecular weight excluding hydrogens is 266 g/mol. The fourth-order valence-electron chi connectivity index (χ4n) is 2.44. The first-order chi connectivity index (χ1) is 10.2. The lowest BCUT2D eigenvalue weighted by Crippen LogP contribution is -2.11. The van der Waals surface area contributed by atoms with Crippen LogP contribution in [0.15, 0.2) is 42.5 Å². The number of benzene rings is 2. The Morgan fingerprint density at radius 2 is 2.00 bits per heavy atom. The second-order valence-electron chi connectivity index (χ2n) is 5.14. The number of carbonyl (C=O) groups is 1. The van der Waals surface area contributed by atoms with E-state index in [1.165, 1.54) is 0 Å². The van der Waals surface area contributed by atoms with Crippen molar-refractivity contribution in [3.63, 3.8) is 0 Å². The number of methoxy groups -OCH3 is 1. The van der Waals surface area contributed by atoms with Gasteiger partial charge in [-0.05, 0) is 55.0 Å². The summed E-state index contributed by atoms with van der Waals surface area (Å²) >= 11 is 0. The van der Waals surface area contributed by atoms with Crippen molar-refractivity contribution in [2.75, 3.05) is 12.4 Å². The number of anilines is 1. The molecule has 0 aromatic heterocycles. The van der Waals surface area contributed by atoms with Gasteiger partial charge >= 0.3 is 0 Å². The van der Waals surface area contributed by atoms with Crippen molar-refractivity contribution >= 4 is 11.6 Å². The molecule has 2 aromatic carbocycles. The third-order valence-electron chi connectivity index (χ3n) is 3.51. The van der Waals surface area contributed by atoms with Crippen LogP contribution in [-0.2, 0) is 6.42 Å². The number of amides is 1. The third kappa shape index (κ3) is 2.84. The Hall–Kier alpha value is -2.49. The molecule has 0 unspecified atom stereocenters. The monoisotopic (exact) mass is 283 g/mol. The van der Waals surface area contributed by atoms with E-state index < -0.39 is 0 Å². The van der Waals surface area contributed by atoms with Gasteiger partial charge in [-0.25, -0.2) is 0 Å².